The highest BCUT2D eigenvalue weighted by Gasteiger charge is 2.38. The summed E-state index contributed by atoms with van der Waals surface area (Å²) < 4.78 is 10.8. The maximum atomic E-state index is 5.57. The fraction of sp³-hybridized carbons (Fsp3) is 0.842. The number of nitrogens with one attached hydrogen (secondary N) is 2. The third kappa shape index (κ3) is 6.55. The lowest BCUT2D eigenvalue weighted by molar-refractivity contribution is -0.0333. The Bertz CT molecular complexity index is 597. The molecular weight excluding hydrogens is 471 g/mol. The lowest BCUT2D eigenvalue weighted by Gasteiger charge is -2.47. The van der Waals surface area contributed by atoms with Crippen LogP contribution in [-0.2, 0) is 11.2 Å². The first-order chi connectivity index (χ1) is 13.2. The van der Waals surface area contributed by atoms with E-state index in [1.807, 2.05) is 6.92 Å². The zero-order valence-corrected chi connectivity index (χ0v) is 19.5. The molecule has 0 atom stereocenters. The van der Waals surface area contributed by atoms with E-state index in [0.29, 0.717) is 18.1 Å². The number of nitrogens with zero attached hydrogens (tertiary/aromatic N) is 4. The Morgan fingerprint density at radius 3 is 2.57 bits per heavy atom. The molecule has 1 aromatic heterocycles. The minimum Gasteiger partial charge on any atom is -0.379 e. The smallest absolute Gasteiger partial charge is 0.228 e. The van der Waals surface area contributed by atoms with Gasteiger partial charge in [-0.15, -0.1) is 24.0 Å². The number of hydrogen-bond acceptors (Lipinski definition) is 6. The number of hydrogen-bond donors (Lipinski definition) is 2. The molecule has 1 aliphatic heterocycles. The van der Waals surface area contributed by atoms with Gasteiger partial charge < -0.3 is 19.9 Å². The zero-order chi connectivity index (χ0) is 19.0. The standard InChI is InChI=1S/C19H34N6O2.HI/c1-3-20-18(21-10-7-17-23-16(2)24-27-17)22-15-19(8-5-4-6-9-19)25-11-13-26-14-12-25;/h3-15H2,1-2H3,(H2,20,21,22);1H. The van der Waals surface area contributed by atoms with Crippen LogP contribution in [0.25, 0.3) is 0 Å². The summed E-state index contributed by atoms with van der Waals surface area (Å²) in [6.45, 7) is 10.1. The van der Waals surface area contributed by atoms with Crippen molar-refractivity contribution in [3.8, 4) is 0 Å². The van der Waals surface area contributed by atoms with Gasteiger partial charge in [-0.1, -0.05) is 24.4 Å². The molecule has 0 bridgehead atoms. The van der Waals surface area contributed by atoms with E-state index in [0.717, 1.165) is 51.9 Å². The maximum absolute atomic E-state index is 5.57. The van der Waals surface area contributed by atoms with Gasteiger partial charge in [-0.3, -0.25) is 9.89 Å². The molecule has 9 heteroatoms. The van der Waals surface area contributed by atoms with E-state index in [-0.39, 0.29) is 29.5 Å². The van der Waals surface area contributed by atoms with Crippen molar-refractivity contribution < 1.29 is 9.26 Å². The van der Waals surface area contributed by atoms with Crippen LogP contribution in [0.4, 0.5) is 0 Å². The third-order valence-corrected chi connectivity index (χ3v) is 5.54. The largest absolute Gasteiger partial charge is 0.379 e. The Morgan fingerprint density at radius 2 is 1.93 bits per heavy atom. The SMILES string of the molecule is CCNC(=NCC1(N2CCOCC2)CCCCC1)NCCc1nc(C)no1.I. The summed E-state index contributed by atoms with van der Waals surface area (Å²) in [4.78, 5) is 11.8. The van der Waals surface area contributed by atoms with Crippen LogP contribution in [0.1, 0.15) is 50.7 Å². The van der Waals surface area contributed by atoms with Crippen molar-refractivity contribution in [2.75, 3.05) is 45.9 Å². The van der Waals surface area contributed by atoms with Gasteiger partial charge in [-0.25, -0.2) is 0 Å². The molecule has 0 aromatic carbocycles. The van der Waals surface area contributed by atoms with Crippen LogP contribution in [0, 0.1) is 6.92 Å². The minimum atomic E-state index is 0. The van der Waals surface area contributed by atoms with Crippen LogP contribution >= 0.6 is 24.0 Å². The molecule has 2 fully saturated rings. The Labute approximate surface area is 185 Å². The molecule has 0 radical (unpaired) electrons. The van der Waals surface area contributed by atoms with E-state index in [1.165, 1.54) is 32.1 Å². The predicted octanol–water partition coefficient (Wildman–Crippen LogP) is 2.13. The van der Waals surface area contributed by atoms with Crippen LogP contribution in [0.15, 0.2) is 9.52 Å². The van der Waals surface area contributed by atoms with Gasteiger partial charge in [0.2, 0.25) is 5.89 Å². The van der Waals surface area contributed by atoms with Gasteiger partial charge in [-0.05, 0) is 26.7 Å². The van der Waals surface area contributed by atoms with E-state index in [4.69, 9.17) is 14.3 Å². The average Bonchev–Trinajstić information content (AvgIpc) is 3.12. The van der Waals surface area contributed by atoms with Crippen LogP contribution in [-0.4, -0.2) is 72.5 Å². The summed E-state index contributed by atoms with van der Waals surface area (Å²) in [7, 11) is 0. The van der Waals surface area contributed by atoms with Gasteiger partial charge in [0.1, 0.15) is 0 Å². The van der Waals surface area contributed by atoms with Gasteiger partial charge in [0.15, 0.2) is 11.8 Å². The molecule has 160 valence electrons. The molecule has 2 heterocycles. The van der Waals surface area contributed by atoms with Crippen LogP contribution in [0.3, 0.4) is 0 Å². The molecule has 0 spiro atoms. The quantitative estimate of drug-likeness (QED) is 0.333. The number of guanidine groups is 1. The van der Waals surface area contributed by atoms with Crippen molar-refractivity contribution in [3.05, 3.63) is 11.7 Å². The first-order valence-electron chi connectivity index (χ1n) is 10.4. The molecule has 1 aliphatic carbocycles. The Kier molecular flexibility index (Phi) is 9.93. The van der Waals surface area contributed by atoms with E-state index in [1.54, 1.807) is 0 Å². The van der Waals surface area contributed by atoms with Crippen LogP contribution in [0.5, 0.6) is 0 Å². The van der Waals surface area contributed by atoms with Crippen molar-refractivity contribution in [1.29, 1.82) is 0 Å². The number of aromatic nitrogens is 2. The van der Waals surface area contributed by atoms with Crippen LogP contribution in [0.2, 0.25) is 0 Å². The number of morpholine rings is 1. The monoisotopic (exact) mass is 506 g/mol. The molecule has 3 rings (SSSR count). The van der Waals surface area contributed by atoms with E-state index < -0.39 is 0 Å². The number of halogens is 1. The first-order valence-corrected chi connectivity index (χ1v) is 10.4. The second-order valence-corrected chi connectivity index (χ2v) is 7.49. The fourth-order valence-corrected chi connectivity index (χ4v) is 4.12. The van der Waals surface area contributed by atoms with E-state index in [2.05, 4.69) is 32.6 Å². The predicted molar refractivity (Wildman–Crippen MR) is 120 cm³/mol. The molecule has 1 saturated carbocycles. The van der Waals surface area contributed by atoms with Crippen molar-refractivity contribution in [1.82, 2.24) is 25.7 Å². The molecule has 2 N–H and O–H groups in total. The van der Waals surface area contributed by atoms with Gasteiger partial charge in [0, 0.05) is 38.1 Å². The summed E-state index contributed by atoms with van der Waals surface area (Å²) in [5, 5.41) is 10.6. The zero-order valence-electron chi connectivity index (χ0n) is 17.2. The lowest BCUT2D eigenvalue weighted by Crippen LogP contribution is -2.56. The minimum absolute atomic E-state index is 0. The highest BCUT2D eigenvalue weighted by molar-refractivity contribution is 14.0. The number of aliphatic imine (C=N–C) groups is 1. The molecule has 8 nitrogen and oxygen atoms in total. The third-order valence-electron chi connectivity index (χ3n) is 5.54. The number of ether oxygens (including phenoxy) is 1. The molecule has 1 saturated heterocycles. The number of aryl methyl sites for hydroxylation is 1. The highest BCUT2D eigenvalue weighted by atomic mass is 127. The van der Waals surface area contributed by atoms with Gasteiger partial charge in [0.05, 0.1) is 19.8 Å². The normalized spacial score (nSPS) is 20.4. The second-order valence-electron chi connectivity index (χ2n) is 7.49. The van der Waals surface area contributed by atoms with E-state index in [9.17, 15) is 0 Å². The van der Waals surface area contributed by atoms with Crippen molar-refractivity contribution >= 4 is 29.9 Å². The topological polar surface area (TPSA) is 87.8 Å². The van der Waals surface area contributed by atoms with Crippen LogP contribution < -0.4 is 10.6 Å². The molecule has 28 heavy (non-hydrogen) atoms. The molecule has 0 unspecified atom stereocenters. The van der Waals surface area contributed by atoms with Crippen molar-refractivity contribution in [2.45, 2.75) is 57.9 Å². The summed E-state index contributed by atoms with van der Waals surface area (Å²) >= 11 is 0. The number of rotatable bonds is 7. The Balaban J connectivity index is 0.00000280. The molecular formula is C19H35IN6O2. The fourth-order valence-electron chi connectivity index (χ4n) is 4.12. The molecule has 2 aliphatic rings. The van der Waals surface area contributed by atoms with E-state index >= 15 is 0 Å². The lowest BCUT2D eigenvalue weighted by atomic mass is 9.80. The molecule has 1 aromatic rings. The van der Waals surface area contributed by atoms with Crippen molar-refractivity contribution in [3.63, 3.8) is 0 Å². The summed E-state index contributed by atoms with van der Waals surface area (Å²) in [6.07, 6.45) is 7.10. The summed E-state index contributed by atoms with van der Waals surface area (Å²) in [6, 6.07) is 0. The summed E-state index contributed by atoms with van der Waals surface area (Å²) in [5.74, 6) is 2.20. The molecule has 0 amide bonds. The van der Waals surface area contributed by atoms with Gasteiger partial charge >= 0.3 is 0 Å². The Hall–Kier alpha value is -0.940. The summed E-state index contributed by atoms with van der Waals surface area (Å²) in [5.41, 5.74) is 0.188. The van der Waals surface area contributed by atoms with Gasteiger partial charge in [-0.2, -0.15) is 4.98 Å². The maximum Gasteiger partial charge on any atom is 0.228 e. The highest BCUT2D eigenvalue weighted by Crippen LogP contribution is 2.34. The first kappa shape index (κ1) is 23.3. The Morgan fingerprint density at radius 1 is 1.18 bits per heavy atom. The second kappa shape index (κ2) is 11.9. The van der Waals surface area contributed by atoms with Crippen molar-refractivity contribution in [2.24, 2.45) is 4.99 Å². The average molecular weight is 506 g/mol. The van der Waals surface area contributed by atoms with Gasteiger partial charge in [0.25, 0.3) is 0 Å².